The molecule has 19 heavy (non-hydrogen) atoms. The molecule has 1 atom stereocenters. The normalized spacial score (nSPS) is 12.6. The van der Waals surface area contributed by atoms with Gasteiger partial charge in [-0.2, -0.15) is 5.10 Å². The molecule has 0 saturated heterocycles. The Bertz CT molecular complexity index is 551. The van der Waals surface area contributed by atoms with E-state index in [1.807, 2.05) is 31.6 Å². The second kappa shape index (κ2) is 6.42. The maximum atomic E-state index is 6.30. The number of hydrogen-bond acceptors (Lipinski definition) is 2. The molecule has 1 heterocycles. The van der Waals surface area contributed by atoms with Gasteiger partial charge >= 0.3 is 0 Å². The SMILES string of the molecule is CCNC(Cc1cnn(C)c1)c1cccc(Cl)c1Cl. The third-order valence-corrected chi connectivity index (χ3v) is 3.84. The molecule has 0 bridgehead atoms. The van der Waals surface area contributed by atoms with Crippen LogP contribution in [0.4, 0.5) is 0 Å². The van der Waals surface area contributed by atoms with Gasteiger partial charge in [-0.3, -0.25) is 4.68 Å². The molecular formula is C14H17Cl2N3. The second-order valence-corrected chi connectivity index (χ2v) is 5.26. The summed E-state index contributed by atoms with van der Waals surface area (Å²) in [6.07, 6.45) is 4.73. The van der Waals surface area contributed by atoms with Crippen LogP contribution in [0.15, 0.2) is 30.6 Å². The van der Waals surface area contributed by atoms with E-state index in [4.69, 9.17) is 23.2 Å². The molecule has 3 nitrogen and oxygen atoms in total. The first-order valence-electron chi connectivity index (χ1n) is 6.26. The third kappa shape index (κ3) is 3.50. The fourth-order valence-corrected chi connectivity index (χ4v) is 2.58. The lowest BCUT2D eigenvalue weighted by atomic mass is 10.0. The molecule has 2 aromatic rings. The monoisotopic (exact) mass is 297 g/mol. The van der Waals surface area contributed by atoms with E-state index >= 15 is 0 Å². The molecular weight excluding hydrogens is 281 g/mol. The topological polar surface area (TPSA) is 29.9 Å². The Morgan fingerprint density at radius 3 is 2.79 bits per heavy atom. The summed E-state index contributed by atoms with van der Waals surface area (Å²) in [6.45, 7) is 2.95. The highest BCUT2D eigenvalue weighted by Crippen LogP contribution is 2.31. The van der Waals surface area contributed by atoms with Crippen molar-refractivity contribution in [3.63, 3.8) is 0 Å². The summed E-state index contributed by atoms with van der Waals surface area (Å²) in [4.78, 5) is 0. The van der Waals surface area contributed by atoms with Crippen LogP contribution in [0, 0.1) is 0 Å². The minimum atomic E-state index is 0.139. The summed E-state index contributed by atoms with van der Waals surface area (Å²) in [5.74, 6) is 0. The summed E-state index contributed by atoms with van der Waals surface area (Å²) >= 11 is 12.4. The minimum absolute atomic E-state index is 0.139. The van der Waals surface area contributed by atoms with Gasteiger partial charge in [-0.15, -0.1) is 0 Å². The van der Waals surface area contributed by atoms with Crippen molar-refractivity contribution in [2.45, 2.75) is 19.4 Å². The Hall–Kier alpha value is -1.03. The fourth-order valence-electron chi connectivity index (χ4n) is 2.14. The number of halogens is 2. The first kappa shape index (κ1) is 14.4. The molecule has 102 valence electrons. The molecule has 0 aliphatic carbocycles. The number of nitrogens with zero attached hydrogens (tertiary/aromatic N) is 2. The van der Waals surface area contributed by atoms with Gasteiger partial charge < -0.3 is 5.32 Å². The molecule has 1 aromatic heterocycles. The molecule has 0 saturated carbocycles. The van der Waals surface area contributed by atoms with Crippen molar-refractivity contribution in [3.05, 3.63) is 51.8 Å². The highest BCUT2D eigenvalue weighted by molar-refractivity contribution is 6.42. The van der Waals surface area contributed by atoms with Crippen molar-refractivity contribution in [3.8, 4) is 0 Å². The molecule has 1 aromatic carbocycles. The van der Waals surface area contributed by atoms with E-state index in [2.05, 4.69) is 17.3 Å². The van der Waals surface area contributed by atoms with E-state index in [0.29, 0.717) is 10.0 Å². The van der Waals surface area contributed by atoms with Gasteiger partial charge in [0, 0.05) is 19.3 Å². The quantitative estimate of drug-likeness (QED) is 0.913. The fraction of sp³-hybridized carbons (Fsp3) is 0.357. The number of aromatic nitrogens is 2. The minimum Gasteiger partial charge on any atom is -0.310 e. The van der Waals surface area contributed by atoms with Crippen LogP contribution in [0.5, 0.6) is 0 Å². The predicted molar refractivity (Wildman–Crippen MR) is 79.8 cm³/mol. The number of aryl methyl sites for hydroxylation is 1. The summed E-state index contributed by atoms with van der Waals surface area (Å²) < 4.78 is 1.80. The van der Waals surface area contributed by atoms with E-state index in [1.165, 1.54) is 5.56 Å². The van der Waals surface area contributed by atoms with Gasteiger partial charge in [-0.25, -0.2) is 0 Å². The van der Waals surface area contributed by atoms with Crippen molar-refractivity contribution >= 4 is 23.2 Å². The van der Waals surface area contributed by atoms with E-state index in [0.717, 1.165) is 18.5 Å². The summed E-state index contributed by atoms with van der Waals surface area (Å²) in [6, 6.07) is 5.88. The maximum Gasteiger partial charge on any atom is 0.0640 e. The zero-order valence-corrected chi connectivity index (χ0v) is 12.5. The van der Waals surface area contributed by atoms with Crippen molar-refractivity contribution in [1.29, 1.82) is 0 Å². The Morgan fingerprint density at radius 2 is 2.16 bits per heavy atom. The van der Waals surface area contributed by atoms with Crippen LogP contribution in [0.3, 0.4) is 0 Å². The Balaban J connectivity index is 2.26. The molecule has 1 N–H and O–H groups in total. The molecule has 5 heteroatoms. The molecule has 0 aliphatic rings. The molecule has 2 rings (SSSR count). The number of benzene rings is 1. The summed E-state index contributed by atoms with van der Waals surface area (Å²) in [5, 5.41) is 8.85. The molecule has 0 fully saturated rings. The summed E-state index contributed by atoms with van der Waals surface area (Å²) in [7, 11) is 1.91. The first-order chi connectivity index (χ1) is 9.11. The van der Waals surface area contributed by atoms with Crippen LogP contribution in [0.2, 0.25) is 10.0 Å². The third-order valence-electron chi connectivity index (χ3n) is 3.01. The van der Waals surface area contributed by atoms with Gasteiger partial charge in [-0.05, 0) is 30.2 Å². The van der Waals surface area contributed by atoms with Gasteiger partial charge in [0.15, 0.2) is 0 Å². The predicted octanol–water partition coefficient (Wildman–Crippen LogP) is 3.62. The van der Waals surface area contributed by atoms with E-state index in [-0.39, 0.29) is 6.04 Å². The number of likely N-dealkylation sites (N-methyl/N-ethyl adjacent to an activating group) is 1. The number of hydrogen-bond donors (Lipinski definition) is 1. The highest BCUT2D eigenvalue weighted by atomic mass is 35.5. The molecule has 0 radical (unpaired) electrons. The van der Waals surface area contributed by atoms with Gasteiger partial charge in [0.25, 0.3) is 0 Å². The van der Waals surface area contributed by atoms with Crippen LogP contribution >= 0.6 is 23.2 Å². The average Bonchev–Trinajstić information content (AvgIpc) is 2.78. The van der Waals surface area contributed by atoms with Crippen molar-refractivity contribution in [2.24, 2.45) is 7.05 Å². The number of nitrogens with one attached hydrogen (secondary N) is 1. The highest BCUT2D eigenvalue weighted by Gasteiger charge is 2.16. The largest absolute Gasteiger partial charge is 0.310 e. The van der Waals surface area contributed by atoms with Gasteiger partial charge in [0.05, 0.1) is 16.2 Å². The van der Waals surface area contributed by atoms with Crippen LogP contribution in [-0.4, -0.2) is 16.3 Å². The Labute approximate surface area is 123 Å². The lowest BCUT2D eigenvalue weighted by molar-refractivity contribution is 0.550. The van der Waals surface area contributed by atoms with Crippen molar-refractivity contribution in [2.75, 3.05) is 6.54 Å². The smallest absolute Gasteiger partial charge is 0.0640 e. The Kier molecular flexibility index (Phi) is 4.86. The van der Waals surface area contributed by atoms with Gasteiger partial charge in [0.2, 0.25) is 0 Å². The number of rotatable bonds is 5. The molecule has 0 aliphatic heterocycles. The van der Waals surface area contributed by atoms with Gasteiger partial charge in [-0.1, -0.05) is 42.3 Å². The van der Waals surface area contributed by atoms with E-state index in [9.17, 15) is 0 Å². The second-order valence-electron chi connectivity index (χ2n) is 4.48. The molecule has 0 amide bonds. The van der Waals surface area contributed by atoms with Crippen molar-refractivity contribution in [1.82, 2.24) is 15.1 Å². The standard InChI is InChI=1S/C14H17Cl2N3/c1-3-17-13(7-10-8-18-19(2)9-10)11-5-4-6-12(15)14(11)16/h4-6,8-9,13,17H,3,7H2,1-2H3. The van der Waals surface area contributed by atoms with Crippen LogP contribution < -0.4 is 5.32 Å². The van der Waals surface area contributed by atoms with Gasteiger partial charge in [0.1, 0.15) is 0 Å². The Morgan fingerprint density at radius 1 is 1.37 bits per heavy atom. The van der Waals surface area contributed by atoms with Crippen molar-refractivity contribution < 1.29 is 0 Å². The average molecular weight is 298 g/mol. The molecule has 0 spiro atoms. The van der Waals surface area contributed by atoms with Crippen LogP contribution in [-0.2, 0) is 13.5 Å². The van der Waals surface area contributed by atoms with E-state index < -0.39 is 0 Å². The lowest BCUT2D eigenvalue weighted by Crippen LogP contribution is -2.23. The van der Waals surface area contributed by atoms with Crippen LogP contribution in [0.1, 0.15) is 24.1 Å². The van der Waals surface area contributed by atoms with E-state index in [1.54, 1.807) is 10.7 Å². The zero-order chi connectivity index (χ0) is 13.8. The first-order valence-corrected chi connectivity index (χ1v) is 7.02. The summed E-state index contributed by atoms with van der Waals surface area (Å²) in [5.41, 5.74) is 2.20. The molecule has 1 unspecified atom stereocenters. The lowest BCUT2D eigenvalue weighted by Gasteiger charge is -2.19. The zero-order valence-electron chi connectivity index (χ0n) is 11.0. The van der Waals surface area contributed by atoms with Crippen LogP contribution in [0.25, 0.3) is 0 Å². The maximum absolute atomic E-state index is 6.30.